The van der Waals surface area contributed by atoms with Crippen LogP contribution in [0, 0.1) is 0 Å². The van der Waals surface area contributed by atoms with E-state index < -0.39 is 10.0 Å². The number of thiophene rings is 1. The fourth-order valence-electron chi connectivity index (χ4n) is 2.04. The van der Waals surface area contributed by atoms with Crippen LogP contribution >= 0.6 is 11.3 Å². The lowest BCUT2D eigenvalue weighted by Crippen LogP contribution is -2.33. The predicted octanol–water partition coefficient (Wildman–Crippen LogP) is 1.43. The van der Waals surface area contributed by atoms with Gasteiger partial charge in [-0.1, -0.05) is 12.8 Å². The zero-order valence-electron chi connectivity index (χ0n) is 8.98. The molecule has 3 N–H and O–H groups in total. The Hall–Kier alpha value is -0.430. The third kappa shape index (κ3) is 2.45. The molecular formula is C10H16N2O2S2. The molecule has 0 aromatic carbocycles. The maximum Gasteiger partial charge on any atom is 0.241 e. The topological polar surface area (TPSA) is 72.2 Å². The van der Waals surface area contributed by atoms with Crippen molar-refractivity contribution >= 4 is 21.4 Å². The lowest BCUT2D eigenvalue weighted by Gasteiger charge is -2.12. The number of nitrogens with one attached hydrogen (secondary N) is 1. The molecule has 1 aliphatic rings. The third-order valence-electron chi connectivity index (χ3n) is 2.86. The molecule has 1 saturated carbocycles. The first-order chi connectivity index (χ1) is 7.63. The molecule has 0 aliphatic heterocycles. The first-order valence-corrected chi connectivity index (χ1v) is 7.78. The summed E-state index contributed by atoms with van der Waals surface area (Å²) in [5.41, 5.74) is 5.52. The standard InChI is InChI=1S/C10H16N2O2S2/c11-7-9-10(5-6-15-9)16(13,14)12-8-3-1-2-4-8/h5-6,8,12H,1-4,7,11H2. The molecule has 1 heterocycles. The SMILES string of the molecule is NCc1sccc1S(=O)(=O)NC1CCCC1. The molecule has 0 bridgehead atoms. The van der Waals surface area contributed by atoms with E-state index in [-0.39, 0.29) is 12.6 Å². The van der Waals surface area contributed by atoms with Crippen molar-refractivity contribution < 1.29 is 8.42 Å². The number of rotatable bonds is 4. The Labute approximate surface area is 99.9 Å². The molecule has 0 amide bonds. The number of nitrogens with two attached hydrogens (primary N) is 1. The van der Waals surface area contributed by atoms with Crippen LogP contribution in [0.3, 0.4) is 0 Å². The summed E-state index contributed by atoms with van der Waals surface area (Å²) in [6, 6.07) is 1.74. The smallest absolute Gasteiger partial charge is 0.241 e. The van der Waals surface area contributed by atoms with E-state index in [1.54, 1.807) is 11.4 Å². The number of hydrogen-bond donors (Lipinski definition) is 2. The predicted molar refractivity (Wildman–Crippen MR) is 64.8 cm³/mol. The molecule has 0 spiro atoms. The maximum atomic E-state index is 12.1. The minimum Gasteiger partial charge on any atom is -0.326 e. The Bertz CT molecular complexity index is 447. The first-order valence-electron chi connectivity index (χ1n) is 5.42. The molecule has 4 nitrogen and oxygen atoms in total. The normalized spacial score (nSPS) is 18.1. The summed E-state index contributed by atoms with van der Waals surface area (Å²) in [5.74, 6) is 0. The van der Waals surface area contributed by atoms with Gasteiger partial charge in [-0.25, -0.2) is 13.1 Å². The van der Waals surface area contributed by atoms with Gasteiger partial charge >= 0.3 is 0 Å². The molecule has 6 heteroatoms. The summed E-state index contributed by atoms with van der Waals surface area (Å²) in [6.07, 6.45) is 4.11. The highest BCUT2D eigenvalue weighted by Crippen LogP contribution is 2.24. The summed E-state index contributed by atoms with van der Waals surface area (Å²) in [4.78, 5) is 1.08. The summed E-state index contributed by atoms with van der Waals surface area (Å²) in [7, 11) is -3.36. The van der Waals surface area contributed by atoms with Crippen molar-refractivity contribution in [2.45, 2.75) is 43.2 Å². The van der Waals surface area contributed by atoms with Gasteiger partial charge in [-0.2, -0.15) is 0 Å². The fraction of sp³-hybridized carbons (Fsp3) is 0.600. The van der Waals surface area contributed by atoms with E-state index in [4.69, 9.17) is 5.73 Å². The van der Waals surface area contributed by atoms with Gasteiger partial charge in [0, 0.05) is 17.5 Å². The second-order valence-corrected chi connectivity index (χ2v) is 6.70. The molecule has 0 unspecified atom stereocenters. The van der Waals surface area contributed by atoms with E-state index in [9.17, 15) is 8.42 Å². The van der Waals surface area contributed by atoms with Crippen molar-refractivity contribution in [3.63, 3.8) is 0 Å². The van der Waals surface area contributed by atoms with Crippen molar-refractivity contribution in [1.29, 1.82) is 0 Å². The van der Waals surface area contributed by atoms with Gasteiger partial charge in [-0.3, -0.25) is 0 Å². The van der Waals surface area contributed by atoms with Crippen LogP contribution in [-0.4, -0.2) is 14.5 Å². The van der Waals surface area contributed by atoms with Crippen LogP contribution in [0.2, 0.25) is 0 Å². The van der Waals surface area contributed by atoms with Crippen LogP contribution in [0.4, 0.5) is 0 Å². The Morgan fingerprint density at radius 2 is 2.12 bits per heavy atom. The molecular weight excluding hydrogens is 244 g/mol. The van der Waals surface area contributed by atoms with Gasteiger partial charge in [-0.15, -0.1) is 11.3 Å². The summed E-state index contributed by atoms with van der Waals surface area (Å²) < 4.78 is 26.9. The molecule has 1 aromatic rings. The minimum absolute atomic E-state index is 0.107. The van der Waals surface area contributed by atoms with Crippen molar-refractivity contribution in [1.82, 2.24) is 4.72 Å². The molecule has 90 valence electrons. The largest absolute Gasteiger partial charge is 0.326 e. The lowest BCUT2D eigenvalue weighted by atomic mass is 10.3. The molecule has 1 fully saturated rings. The molecule has 16 heavy (non-hydrogen) atoms. The van der Waals surface area contributed by atoms with E-state index in [2.05, 4.69) is 4.72 Å². The van der Waals surface area contributed by atoms with E-state index in [1.807, 2.05) is 0 Å². The summed E-state index contributed by atoms with van der Waals surface area (Å²) >= 11 is 1.39. The highest BCUT2D eigenvalue weighted by Gasteiger charge is 2.24. The van der Waals surface area contributed by atoms with Crippen molar-refractivity contribution in [3.8, 4) is 0 Å². The Balaban J connectivity index is 2.18. The van der Waals surface area contributed by atoms with Gasteiger partial charge in [0.05, 0.1) is 4.90 Å². The van der Waals surface area contributed by atoms with E-state index in [0.717, 1.165) is 30.6 Å². The van der Waals surface area contributed by atoms with Gasteiger partial charge < -0.3 is 5.73 Å². The van der Waals surface area contributed by atoms with Crippen LogP contribution in [-0.2, 0) is 16.6 Å². The Morgan fingerprint density at radius 3 is 2.75 bits per heavy atom. The van der Waals surface area contributed by atoms with Crippen LogP contribution in [0.25, 0.3) is 0 Å². The van der Waals surface area contributed by atoms with Gasteiger partial charge in [0.1, 0.15) is 0 Å². The van der Waals surface area contributed by atoms with Crippen molar-refractivity contribution in [2.24, 2.45) is 5.73 Å². The molecule has 1 aliphatic carbocycles. The lowest BCUT2D eigenvalue weighted by molar-refractivity contribution is 0.552. The first kappa shape index (κ1) is 12.0. The quantitative estimate of drug-likeness (QED) is 0.860. The second kappa shape index (κ2) is 4.83. The fourth-order valence-corrected chi connectivity index (χ4v) is 4.68. The van der Waals surface area contributed by atoms with E-state index in [1.165, 1.54) is 11.3 Å². The van der Waals surface area contributed by atoms with Crippen molar-refractivity contribution in [2.75, 3.05) is 0 Å². The zero-order valence-corrected chi connectivity index (χ0v) is 10.6. The highest BCUT2D eigenvalue weighted by molar-refractivity contribution is 7.89. The average Bonchev–Trinajstić information content (AvgIpc) is 2.85. The van der Waals surface area contributed by atoms with Gasteiger partial charge in [0.15, 0.2) is 0 Å². The van der Waals surface area contributed by atoms with Crippen LogP contribution < -0.4 is 10.5 Å². The minimum atomic E-state index is -3.36. The Morgan fingerprint density at radius 1 is 1.44 bits per heavy atom. The zero-order chi connectivity index (χ0) is 11.6. The number of hydrogen-bond acceptors (Lipinski definition) is 4. The Kier molecular flexibility index (Phi) is 3.63. The maximum absolute atomic E-state index is 12.1. The van der Waals surface area contributed by atoms with Gasteiger partial charge in [0.2, 0.25) is 10.0 Å². The molecule has 2 rings (SSSR count). The van der Waals surface area contributed by atoms with Crippen LogP contribution in [0.1, 0.15) is 30.6 Å². The summed E-state index contributed by atoms with van der Waals surface area (Å²) in [6.45, 7) is 0.276. The highest BCUT2D eigenvalue weighted by atomic mass is 32.2. The number of sulfonamides is 1. The van der Waals surface area contributed by atoms with E-state index in [0.29, 0.717) is 4.90 Å². The summed E-state index contributed by atoms with van der Waals surface area (Å²) in [5, 5.41) is 1.77. The van der Waals surface area contributed by atoms with Crippen LogP contribution in [0.5, 0.6) is 0 Å². The van der Waals surface area contributed by atoms with Crippen molar-refractivity contribution in [3.05, 3.63) is 16.3 Å². The average molecular weight is 260 g/mol. The van der Waals surface area contributed by atoms with Crippen LogP contribution in [0.15, 0.2) is 16.3 Å². The molecule has 0 saturated heterocycles. The molecule has 0 atom stereocenters. The third-order valence-corrected chi connectivity index (χ3v) is 5.53. The van der Waals surface area contributed by atoms with E-state index >= 15 is 0 Å². The van der Waals surface area contributed by atoms with Gasteiger partial charge in [0.25, 0.3) is 0 Å². The van der Waals surface area contributed by atoms with Gasteiger partial charge in [-0.05, 0) is 24.3 Å². The molecule has 0 radical (unpaired) electrons. The monoisotopic (exact) mass is 260 g/mol. The second-order valence-electron chi connectivity index (χ2n) is 4.01. The molecule has 1 aromatic heterocycles.